The van der Waals surface area contributed by atoms with Gasteiger partial charge in [0.25, 0.3) is 5.91 Å². The van der Waals surface area contributed by atoms with Crippen molar-refractivity contribution < 1.29 is 14.0 Å². The zero-order valence-electron chi connectivity index (χ0n) is 13.2. The van der Waals surface area contributed by atoms with E-state index in [1.54, 1.807) is 6.07 Å². The van der Waals surface area contributed by atoms with Crippen LogP contribution in [0.1, 0.15) is 41.6 Å². The van der Waals surface area contributed by atoms with E-state index < -0.39 is 17.1 Å². The molecule has 2 amide bonds. The highest BCUT2D eigenvalue weighted by Gasteiger charge is 2.42. The van der Waals surface area contributed by atoms with E-state index in [9.17, 15) is 14.0 Å². The minimum absolute atomic E-state index is 0.0991. The first-order valence-electron chi connectivity index (χ1n) is 8.04. The van der Waals surface area contributed by atoms with Crippen molar-refractivity contribution in [1.29, 1.82) is 0 Å². The molecule has 24 heavy (non-hydrogen) atoms. The highest BCUT2D eigenvalue weighted by Crippen LogP contribution is 2.41. The normalized spacial score (nSPS) is 15.7. The van der Waals surface area contributed by atoms with E-state index in [1.807, 2.05) is 30.3 Å². The summed E-state index contributed by atoms with van der Waals surface area (Å²) in [7, 11) is 0. The standard InChI is InChI=1S/C19H19FN2O2/c20-16-11-5-4-10-15(16)17(23)21-22-18(24)19(12-6-7-13-19)14-8-2-1-3-9-14/h1-5,8-11H,6-7,12-13H2,(H,21,23)(H,22,24). The molecule has 0 atom stereocenters. The van der Waals surface area contributed by atoms with Crippen LogP contribution in [0.4, 0.5) is 4.39 Å². The fourth-order valence-corrected chi connectivity index (χ4v) is 3.33. The van der Waals surface area contributed by atoms with E-state index in [0.717, 1.165) is 31.2 Å². The van der Waals surface area contributed by atoms with Crippen LogP contribution in [-0.4, -0.2) is 11.8 Å². The van der Waals surface area contributed by atoms with Crippen molar-refractivity contribution in [3.8, 4) is 0 Å². The van der Waals surface area contributed by atoms with E-state index >= 15 is 0 Å². The maximum absolute atomic E-state index is 13.6. The van der Waals surface area contributed by atoms with Gasteiger partial charge in [-0.05, 0) is 30.5 Å². The van der Waals surface area contributed by atoms with Crippen molar-refractivity contribution in [3.63, 3.8) is 0 Å². The molecule has 0 aliphatic heterocycles. The number of hydrogen-bond acceptors (Lipinski definition) is 2. The Morgan fingerprint density at radius 2 is 1.50 bits per heavy atom. The molecule has 0 radical (unpaired) electrons. The van der Waals surface area contributed by atoms with E-state index in [-0.39, 0.29) is 11.5 Å². The van der Waals surface area contributed by atoms with Gasteiger partial charge < -0.3 is 0 Å². The molecule has 1 saturated carbocycles. The number of amides is 2. The molecule has 1 fully saturated rings. The molecular formula is C19H19FN2O2. The van der Waals surface area contributed by atoms with Crippen molar-refractivity contribution in [2.45, 2.75) is 31.1 Å². The minimum atomic E-state index is -0.664. The second kappa shape index (κ2) is 6.83. The first kappa shape index (κ1) is 16.2. The molecule has 0 spiro atoms. The van der Waals surface area contributed by atoms with Gasteiger partial charge in [-0.3, -0.25) is 20.4 Å². The summed E-state index contributed by atoms with van der Waals surface area (Å²) in [6, 6.07) is 15.2. The van der Waals surface area contributed by atoms with Crippen LogP contribution in [0.2, 0.25) is 0 Å². The number of hydrazine groups is 1. The lowest BCUT2D eigenvalue weighted by atomic mass is 9.78. The Hall–Kier alpha value is -2.69. The van der Waals surface area contributed by atoms with Crippen LogP contribution in [-0.2, 0) is 10.2 Å². The van der Waals surface area contributed by atoms with Gasteiger partial charge in [-0.1, -0.05) is 55.3 Å². The van der Waals surface area contributed by atoms with Gasteiger partial charge in [-0.25, -0.2) is 4.39 Å². The van der Waals surface area contributed by atoms with Gasteiger partial charge in [0.1, 0.15) is 5.82 Å². The summed E-state index contributed by atoms with van der Waals surface area (Å²) in [5.74, 6) is -1.54. The zero-order valence-corrected chi connectivity index (χ0v) is 13.2. The fraction of sp³-hybridized carbons (Fsp3) is 0.263. The third kappa shape index (κ3) is 3.02. The maximum atomic E-state index is 13.6. The van der Waals surface area contributed by atoms with E-state index in [0.29, 0.717) is 0 Å². The van der Waals surface area contributed by atoms with Crippen LogP contribution in [0.25, 0.3) is 0 Å². The molecule has 0 unspecified atom stereocenters. The number of hydrogen-bond donors (Lipinski definition) is 2. The second-order valence-electron chi connectivity index (χ2n) is 6.04. The van der Waals surface area contributed by atoms with Crippen LogP contribution in [0.15, 0.2) is 54.6 Å². The van der Waals surface area contributed by atoms with Gasteiger partial charge in [0.15, 0.2) is 0 Å². The zero-order chi connectivity index (χ0) is 17.0. The van der Waals surface area contributed by atoms with Crippen LogP contribution < -0.4 is 10.9 Å². The van der Waals surface area contributed by atoms with E-state index in [2.05, 4.69) is 10.9 Å². The number of nitrogens with one attached hydrogen (secondary N) is 2. The summed E-state index contributed by atoms with van der Waals surface area (Å²) in [4.78, 5) is 24.8. The highest BCUT2D eigenvalue weighted by atomic mass is 19.1. The van der Waals surface area contributed by atoms with E-state index in [1.165, 1.54) is 18.2 Å². The third-order valence-electron chi connectivity index (χ3n) is 4.63. The second-order valence-corrected chi connectivity index (χ2v) is 6.04. The summed E-state index contributed by atoms with van der Waals surface area (Å²) >= 11 is 0. The Balaban J connectivity index is 1.74. The smallest absolute Gasteiger partial charge is 0.272 e. The Labute approximate surface area is 140 Å². The molecule has 124 valence electrons. The summed E-state index contributed by atoms with van der Waals surface area (Å²) in [5, 5.41) is 0. The average molecular weight is 326 g/mol. The first-order chi connectivity index (χ1) is 11.6. The van der Waals surface area contributed by atoms with Gasteiger partial charge >= 0.3 is 0 Å². The largest absolute Gasteiger partial charge is 0.272 e. The molecule has 0 bridgehead atoms. The SMILES string of the molecule is O=C(NNC(=O)C1(c2ccccc2)CCCC1)c1ccccc1F. The van der Waals surface area contributed by atoms with Gasteiger partial charge in [-0.2, -0.15) is 0 Å². The molecule has 2 aromatic rings. The van der Waals surface area contributed by atoms with Crippen LogP contribution in [0.3, 0.4) is 0 Å². The van der Waals surface area contributed by atoms with Crippen LogP contribution in [0.5, 0.6) is 0 Å². The van der Waals surface area contributed by atoms with Crippen LogP contribution in [0, 0.1) is 5.82 Å². The highest BCUT2D eigenvalue weighted by molar-refractivity contribution is 5.97. The topological polar surface area (TPSA) is 58.2 Å². The first-order valence-corrected chi connectivity index (χ1v) is 8.04. The molecule has 0 saturated heterocycles. The predicted molar refractivity (Wildman–Crippen MR) is 88.6 cm³/mol. The van der Waals surface area contributed by atoms with Crippen LogP contribution >= 0.6 is 0 Å². The number of carbonyl (C=O) groups is 2. The summed E-state index contributed by atoms with van der Waals surface area (Å²) in [5.41, 5.74) is 5.03. The molecule has 3 rings (SSSR count). The Morgan fingerprint density at radius 1 is 0.875 bits per heavy atom. The van der Waals surface area contributed by atoms with E-state index in [4.69, 9.17) is 0 Å². The molecule has 4 nitrogen and oxygen atoms in total. The van der Waals surface area contributed by atoms with Crippen molar-refractivity contribution >= 4 is 11.8 Å². The molecule has 1 aliphatic carbocycles. The van der Waals surface area contributed by atoms with Gasteiger partial charge in [-0.15, -0.1) is 0 Å². The average Bonchev–Trinajstić information content (AvgIpc) is 3.11. The number of halogens is 1. The minimum Gasteiger partial charge on any atom is -0.272 e. The van der Waals surface area contributed by atoms with Crippen molar-refractivity contribution in [2.24, 2.45) is 0 Å². The summed E-state index contributed by atoms with van der Waals surface area (Å²) in [6.07, 6.45) is 3.39. The van der Waals surface area contributed by atoms with Crippen molar-refractivity contribution in [1.82, 2.24) is 10.9 Å². The number of carbonyl (C=O) groups excluding carboxylic acids is 2. The molecule has 1 aliphatic rings. The monoisotopic (exact) mass is 326 g/mol. The number of rotatable bonds is 3. The Kier molecular flexibility index (Phi) is 4.60. The molecule has 2 N–H and O–H groups in total. The lowest BCUT2D eigenvalue weighted by molar-refractivity contribution is -0.127. The lowest BCUT2D eigenvalue weighted by Crippen LogP contribution is -2.50. The molecule has 5 heteroatoms. The Morgan fingerprint density at radius 3 is 2.17 bits per heavy atom. The van der Waals surface area contributed by atoms with Gasteiger partial charge in [0.05, 0.1) is 11.0 Å². The Bertz CT molecular complexity index is 740. The number of benzene rings is 2. The molecule has 0 aromatic heterocycles. The molecular weight excluding hydrogens is 307 g/mol. The predicted octanol–water partition coefficient (Wildman–Crippen LogP) is 3.10. The summed E-state index contributed by atoms with van der Waals surface area (Å²) in [6.45, 7) is 0. The third-order valence-corrected chi connectivity index (χ3v) is 4.63. The van der Waals surface area contributed by atoms with Gasteiger partial charge in [0, 0.05) is 0 Å². The molecule has 0 heterocycles. The lowest BCUT2D eigenvalue weighted by Gasteiger charge is -2.28. The van der Waals surface area contributed by atoms with Crippen molar-refractivity contribution in [3.05, 3.63) is 71.5 Å². The molecule has 2 aromatic carbocycles. The van der Waals surface area contributed by atoms with Crippen molar-refractivity contribution in [2.75, 3.05) is 0 Å². The maximum Gasteiger partial charge on any atom is 0.272 e. The quantitative estimate of drug-likeness (QED) is 0.852. The fourth-order valence-electron chi connectivity index (χ4n) is 3.33. The van der Waals surface area contributed by atoms with Gasteiger partial charge in [0.2, 0.25) is 5.91 Å². The summed E-state index contributed by atoms with van der Waals surface area (Å²) < 4.78 is 13.6.